The summed E-state index contributed by atoms with van der Waals surface area (Å²) in [5.41, 5.74) is 8.81. The summed E-state index contributed by atoms with van der Waals surface area (Å²) in [7, 11) is 0. The molecule has 0 bridgehead atoms. The van der Waals surface area contributed by atoms with Crippen molar-refractivity contribution in [2.45, 2.75) is 13.5 Å². The zero-order chi connectivity index (χ0) is 14.4. The molecule has 0 aliphatic heterocycles. The van der Waals surface area contributed by atoms with Gasteiger partial charge in [0.1, 0.15) is 12.7 Å². The van der Waals surface area contributed by atoms with Gasteiger partial charge >= 0.3 is 0 Å². The van der Waals surface area contributed by atoms with E-state index in [1.165, 1.54) is 6.33 Å². The summed E-state index contributed by atoms with van der Waals surface area (Å²) in [6, 6.07) is 7.92. The Morgan fingerprint density at radius 1 is 1.38 bits per heavy atom. The van der Waals surface area contributed by atoms with Gasteiger partial charge in [-0.15, -0.1) is 24.0 Å². The summed E-state index contributed by atoms with van der Waals surface area (Å²) in [5, 5.41) is 7.06. The maximum atomic E-state index is 5.75. The molecular formula is C14H19IN6. The molecule has 0 saturated heterocycles. The molecule has 6 nitrogen and oxygen atoms in total. The molecule has 0 fully saturated rings. The molecule has 0 amide bonds. The first-order chi connectivity index (χ1) is 9.65. The van der Waals surface area contributed by atoms with Gasteiger partial charge in [0.25, 0.3) is 0 Å². The van der Waals surface area contributed by atoms with Gasteiger partial charge in [0.15, 0.2) is 5.96 Å². The van der Waals surface area contributed by atoms with Crippen molar-refractivity contribution in [1.29, 1.82) is 0 Å². The van der Waals surface area contributed by atoms with Crippen molar-refractivity contribution in [2.75, 3.05) is 6.54 Å². The standard InChI is InChI=1S/C14H18N6.HI/c1-11(2)7-17-14(15)18-8-12-3-5-13(6-4-12)20-10-16-9-19-20;/h3-6,9-10H,1,7-8H2,2H3,(H3,15,17,18);1H. The number of rotatable bonds is 5. The normalized spacial score (nSPS) is 10.8. The summed E-state index contributed by atoms with van der Waals surface area (Å²) in [6.07, 6.45) is 3.17. The van der Waals surface area contributed by atoms with Gasteiger partial charge in [-0.25, -0.2) is 14.7 Å². The molecule has 7 heteroatoms. The minimum absolute atomic E-state index is 0. The second kappa shape index (κ2) is 8.40. The number of nitrogens with one attached hydrogen (secondary N) is 1. The zero-order valence-corrected chi connectivity index (χ0v) is 14.2. The van der Waals surface area contributed by atoms with E-state index in [1.54, 1.807) is 11.0 Å². The largest absolute Gasteiger partial charge is 0.370 e. The maximum absolute atomic E-state index is 5.75. The summed E-state index contributed by atoms with van der Waals surface area (Å²) < 4.78 is 1.70. The van der Waals surface area contributed by atoms with Crippen LogP contribution in [0, 0.1) is 0 Å². The topological polar surface area (TPSA) is 81.1 Å². The van der Waals surface area contributed by atoms with Gasteiger partial charge in [0.2, 0.25) is 0 Å². The average molecular weight is 398 g/mol. The van der Waals surface area contributed by atoms with E-state index in [-0.39, 0.29) is 24.0 Å². The lowest BCUT2D eigenvalue weighted by atomic mass is 10.2. The lowest BCUT2D eigenvalue weighted by Crippen LogP contribution is -2.32. The van der Waals surface area contributed by atoms with E-state index < -0.39 is 0 Å². The van der Waals surface area contributed by atoms with Crippen molar-refractivity contribution >= 4 is 29.9 Å². The van der Waals surface area contributed by atoms with E-state index in [4.69, 9.17) is 5.73 Å². The van der Waals surface area contributed by atoms with Crippen LogP contribution in [-0.2, 0) is 6.54 Å². The number of aromatic nitrogens is 3. The molecule has 2 rings (SSSR count). The Kier molecular flexibility index (Phi) is 6.86. The van der Waals surface area contributed by atoms with Gasteiger partial charge in [-0.3, -0.25) is 0 Å². The Hall–Kier alpha value is -1.90. The van der Waals surface area contributed by atoms with Crippen molar-refractivity contribution in [3.05, 3.63) is 54.6 Å². The third kappa shape index (κ3) is 5.54. The number of hydrogen-bond acceptors (Lipinski definition) is 3. The quantitative estimate of drug-likeness (QED) is 0.349. The third-order valence-electron chi connectivity index (χ3n) is 2.62. The molecular weight excluding hydrogens is 379 g/mol. The van der Waals surface area contributed by atoms with Crippen LogP contribution in [0.5, 0.6) is 0 Å². The fourth-order valence-electron chi connectivity index (χ4n) is 1.57. The van der Waals surface area contributed by atoms with Crippen molar-refractivity contribution < 1.29 is 0 Å². The van der Waals surface area contributed by atoms with Crippen LogP contribution >= 0.6 is 24.0 Å². The SMILES string of the molecule is C=C(C)CNC(N)=NCc1ccc(-n2cncn2)cc1.I. The minimum atomic E-state index is 0. The molecule has 0 saturated carbocycles. The fourth-order valence-corrected chi connectivity index (χ4v) is 1.57. The highest BCUT2D eigenvalue weighted by molar-refractivity contribution is 14.0. The summed E-state index contributed by atoms with van der Waals surface area (Å²) in [4.78, 5) is 8.18. The van der Waals surface area contributed by atoms with E-state index in [0.717, 1.165) is 16.8 Å². The first-order valence-corrected chi connectivity index (χ1v) is 6.27. The number of nitrogens with two attached hydrogens (primary N) is 1. The smallest absolute Gasteiger partial charge is 0.189 e. The summed E-state index contributed by atoms with van der Waals surface area (Å²) >= 11 is 0. The number of hydrogen-bond donors (Lipinski definition) is 2. The molecule has 0 spiro atoms. The van der Waals surface area contributed by atoms with E-state index in [2.05, 4.69) is 27.0 Å². The van der Waals surface area contributed by atoms with E-state index in [0.29, 0.717) is 19.0 Å². The number of guanidine groups is 1. The Morgan fingerprint density at radius 3 is 2.67 bits per heavy atom. The molecule has 2 aromatic rings. The average Bonchev–Trinajstić information content (AvgIpc) is 2.97. The molecule has 1 aromatic carbocycles. The molecule has 0 atom stereocenters. The minimum Gasteiger partial charge on any atom is -0.370 e. The Balaban J connectivity index is 0.00000220. The van der Waals surface area contributed by atoms with Crippen molar-refractivity contribution in [1.82, 2.24) is 20.1 Å². The van der Waals surface area contributed by atoms with Gasteiger partial charge in [-0.05, 0) is 24.6 Å². The third-order valence-corrected chi connectivity index (χ3v) is 2.62. The van der Waals surface area contributed by atoms with Crippen LogP contribution in [0.15, 0.2) is 54.1 Å². The molecule has 0 aliphatic carbocycles. The Bertz CT molecular complexity index is 588. The predicted octanol–water partition coefficient (Wildman–Crippen LogP) is 1.87. The van der Waals surface area contributed by atoms with Crippen LogP contribution in [0.4, 0.5) is 0 Å². The van der Waals surface area contributed by atoms with E-state index in [1.807, 2.05) is 31.2 Å². The molecule has 3 N–H and O–H groups in total. The number of nitrogens with zero attached hydrogens (tertiary/aromatic N) is 4. The van der Waals surface area contributed by atoms with Crippen LogP contribution < -0.4 is 11.1 Å². The summed E-state index contributed by atoms with van der Waals surface area (Å²) in [5.74, 6) is 0.424. The Labute approximate surface area is 141 Å². The maximum Gasteiger partial charge on any atom is 0.189 e. The zero-order valence-electron chi connectivity index (χ0n) is 11.9. The number of aliphatic imine (C=N–C) groups is 1. The second-order valence-electron chi connectivity index (χ2n) is 4.52. The highest BCUT2D eigenvalue weighted by Gasteiger charge is 1.98. The lowest BCUT2D eigenvalue weighted by Gasteiger charge is -2.05. The molecule has 21 heavy (non-hydrogen) atoms. The highest BCUT2D eigenvalue weighted by atomic mass is 127. The monoisotopic (exact) mass is 398 g/mol. The van der Waals surface area contributed by atoms with Crippen LogP contribution in [0.25, 0.3) is 5.69 Å². The van der Waals surface area contributed by atoms with E-state index >= 15 is 0 Å². The molecule has 0 radical (unpaired) electrons. The van der Waals surface area contributed by atoms with Gasteiger partial charge in [0.05, 0.1) is 12.2 Å². The Morgan fingerprint density at radius 2 is 2.10 bits per heavy atom. The number of halogens is 1. The van der Waals surface area contributed by atoms with Crippen LogP contribution in [-0.4, -0.2) is 27.3 Å². The predicted molar refractivity (Wildman–Crippen MR) is 94.9 cm³/mol. The van der Waals surface area contributed by atoms with E-state index in [9.17, 15) is 0 Å². The van der Waals surface area contributed by atoms with Gasteiger partial charge in [-0.1, -0.05) is 24.3 Å². The molecule has 0 aliphatic rings. The first kappa shape index (κ1) is 17.2. The van der Waals surface area contributed by atoms with Gasteiger partial charge < -0.3 is 11.1 Å². The lowest BCUT2D eigenvalue weighted by molar-refractivity contribution is 0.876. The first-order valence-electron chi connectivity index (χ1n) is 6.27. The van der Waals surface area contributed by atoms with Crippen LogP contribution in [0.3, 0.4) is 0 Å². The highest BCUT2D eigenvalue weighted by Crippen LogP contribution is 2.08. The second-order valence-corrected chi connectivity index (χ2v) is 4.52. The van der Waals surface area contributed by atoms with Crippen LogP contribution in [0.1, 0.15) is 12.5 Å². The molecule has 112 valence electrons. The number of benzene rings is 1. The molecule has 1 aromatic heterocycles. The molecule has 0 unspecified atom stereocenters. The van der Waals surface area contributed by atoms with Crippen molar-refractivity contribution in [2.24, 2.45) is 10.7 Å². The summed E-state index contributed by atoms with van der Waals surface area (Å²) in [6.45, 7) is 6.90. The van der Waals surface area contributed by atoms with Gasteiger partial charge in [-0.2, -0.15) is 5.10 Å². The van der Waals surface area contributed by atoms with Crippen molar-refractivity contribution in [3.63, 3.8) is 0 Å². The van der Waals surface area contributed by atoms with Gasteiger partial charge in [0, 0.05) is 6.54 Å². The fraction of sp³-hybridized carbons (Fsp3) is 0.214. The van der Waals surface area contributed by atoms with Crippen LogP contribution in [0.2, 0.25) is 0 Å². The van der Waals surface area contributed by atoms with Crippen molar-refractivity contribution in [3.8, 4) is 5.69 Å². The molecule has 1 heterocycles.